The Labute approximate surface area is 169 Å². The molecule has 7 nitrogen and oxygen atoms in total. The van der Waals surface area contributed by atoms with E-state index in [9.17, 15) is 9.59 Å². The molecule has 1 amide bonds. The number of ether oxygens (including phenoxy) is 1. The largest absolute Gasteiger partial charge is 0.462 e. The van der Waals surface area contributed by atoms with Gasteiger partial charge in [-0.15, -0.1) is 0 Å². The van der Waals surface area contributed by atoms with E-state index < -0.39 is 5.97 Å². The van der Waals surface area contributed by atoms with E-state index in [-0.39, 0.29) is 18.5 Å². The predicted octanol–water partition coefficient (Wildman–Crippen LogP) is 4.27. The summed E-state index contributed by atoms with van der Waals surface area (Å²) in [6.07, 6.45) is 2.87. The maximum absolute atomic E-state index is 12.5. The van der Waals surface area contributed by atoms with E-state index in [2.05, 4.69) is 20.6 Å². The van der Waals surface area contributed by atoms with E-state index in [1.165, 1.54) is 12.4 Å². The molecule has 1 aromatic heterocycles. The van der Waals surface area contributed by atoms with Gasteiger partial charge in [0.05, 0.1) is 23.4 Å². The van der Waals surface area contributed by atoms with Gasteiger partial charge in [0.25, 0.3) is 5.91 Å². The highest BCUT2D eigenvalue weighted by Gasteiger charge is 2.14. The van der Waals surface area contributed by atoms with Crippen LogP contribution < -0.4 is 10.6 Å². The number of carbonyl (C=O) groups excluding carboxylic acids is 2. The first kappa shape index (κ1) is 20.0. The van der Waals surface area contributed by atoms with Crippen LogP contribution in [0.2, 0.25) is 0 Å². The third-order valence-electron chi connectivity index (χ3n) is 4.44. The molecule has 3 rings (SSSR count). The van der Waals surface area contributed by atoms with Gasteiger partial charge in [0.1, 0.15) is 0 Å². The average molecular weight is 390 g/mol. The summed E-state index contributed by atoms with van der Waals surface area (Å²) < 4.78 is 5.06. The summed E-state index contributed by atoms with van der Waals surface area (Å²) in [6, 6.07) is 12.7. The third kappa shape index (κ3) is 4.76. The fourth-order valence-corrected chi connectivity index (χ4v) is 2.69. The number of rotatable bonds is 6. The van der Waals surface area contributed by atoms with Crippen LogP contribution in [0.1, 0.15) is 38.8 Å². The number of nitrogens with one attached hydrogen (secondary N) is 2. The van der Waals surface area contributed by atoms with E-state index in [4.69, 9.17) is 4.74 Å². The molecule has 7 heteroatoms. The van der Waals surface area contributed by atoms with Crippen molar-refractivity contribution in [1.82, 2.24) is 9.97 Å². The molecule has 148 valence electrons. The number of aryl methyl sites for hydroxylation is 1. The van der Waals surface area contributed by atoms with E-state index in [0.29, 0.717) is 16.8 Å². The van der Waals surface area contributed by atoms with Crippen LogP contribution >= 0.6 is 0 Å². The van der Waals surface area contributed by atoms with E-state index in [1.54, 1.807) is 31.2 Å². The van der Waals surface area contributed by atoms with Gasteiger partial charge in [-0.05, 0) is 50.1 Å². The van der Waals surface area contributed by atoms with Crippen molar-refractivity contribution in [2.24, 2.45) is 0 Å². The van der Waals surface area contributed by atoms with Gasteiger partial charge < -0.3 is 15.4 Å². The van der Waals surface area contributed by atoms with Crippen molar-refractivity contribution in [3.05, 3.63) is 77.1 Å². The van der Waals surface area contributed by atoms with Gasteiger partial charge in [0.2, 0.25) is 5.95 Å². The molecule has 29 heavy (non-hydrogen) atoms. The normalized spacial score (nSPS) is 10.3. The minimum Gasteiger partial charge on any atom is -0.462 e. The summed E-state index contributed by atoms with van der Waals surface area (Å²) in [7, 11) is 0. The standard InChI is InChI=1S/C22H22N4O3/c1-4-29-21(28)17-9-5-6-10-19(17)26-22-23-12-16(13-24-22)20(27)25-18-11-7-8-14(2)15(18)3/h5-13H,4H2,1-3H3,(H,25,27)(H,23,24,26). The third-order valence-corrected chi connectivity index (χ3v) is 4.44. The zero-order valence-electron chi connectivity index (χ0n) is 16.5. The van der Waals surface area contributed by atoms with E-state index >= 15 is 0 Å². The Morgan fingerprint density at radius 1 is 0.966 bits per heavy atom. The second-order valence-electron chi connectivity index (χ2n) is 6.39. The van der Waals surface area contributed by atoms with Crippen molar-refractivity contribution in [3.63, 3.8) is 0 Å². The lowest BCUT2D eigenvalue weighted by atomic mass is 10.1. The van der Waals surface area contributed by atoms with Crippen molar-refractivity contribution in [3.8, 4) is 0 Å². The molecule has 0 spiro atoms. The number of hydrogen-bond donors (Lipinski definition) is 2. The monoisotopic (exact) mass is 390 g/mol. The SMILES string of the molecule is CCOC(=O)c1ccccc1Nc1ncc(C(=O)Nc2cccc(C)c2C)cn1. The number of carbonyl (C=O) groups is 2. The number of benzene rings is 2. The lowest BCUT2D eigenvalue weighted by molar-refractivity contribution is 0.0527. The van der Waals surface area contributed by atoms with Crippen LogP contribution in [0, 0.1) is 13.8 Å². The summed E-state index contributed by atoms with van der Waals surface area (Å²) in [5.41, 5.74) is 4.10. The number of esters is 1. The second kappa shape index (κ2) is 8.97. The first-order valence-corrected chi connectivity index (χ1v) is 9.22. The molecule has 1 heterocycles. The smallest absolute Gasteiger partial charge is 0.340 e. The first-order valence-electron chi connectivity index (χ1n) is 9.22. The van der Waals surface area contributed by atoms with E-state index in [1.807, 2.05) is 32.0 Å². The maximum Gasteiger partial charge on any atom is 0.340 e. The average Bonchev–Trinajstić information content (AvgIpc) is 2.72. The summed E-state index contributed by atoms with van der Waals surface area (Å²) in [5.74, 6) is -0.456. The highest BCUT2D eigenvalue weighted by Crippen LogP contribution is 2.21. The Balaban J connectivity index is 1.73. The number of amides is 1. The zero-order valence-corrected chi connectivity index (χ0v) is 16.5. The molecular weight excluding hydrogens is 368 g/mol. The van der Waals surface area contributed by atoms with Gasteiger partial charge in [-0.2, -0.15) is 0 Å². The first-order chi connectivity index (χ1) is 14.0. The molecule has 0 aliphatic carbocycles. The summed E-state index contributed by atoms with van der Waals surface area (Å²) in [5, 5.41) is 5.86. The van der Waals surface area contributed by atoms with Crippen molar-refractivity contribution < 1.29 is 14.3 Å². The van der Waals surface area contributed by atoms with Crippen LogP contribution in [0.4, 0.5) is 17.3 Å². The Morgan fingerprint density at radius 3 is 2.38 bits per heavy atom. The second-order valence-corrected chi connectivity index (χ2v) is 6.39. The molecular formula is C22H22N4O3. The number of aromatic nitrogens is 2. The Bertz CT molecular complexity index is 1030. The highest BCUT2D eigenvalue weighted by atomic mass is 16.5. The molecule has 0 aliphatic heterocycles. The van der Waals surface area contributed by atoms with Gasteiger partial charge >= 0.3 is 5.97 Å². The van der Waals surface area contributed by atoms with Crippen molar-refractivity contribution >= 4 is 29.2 Å². The van der Waals surface area contributed by atoms with Gasteiger partial charge in [-0.25, -0.2) is 14.8 Å². The van der Waals surface area contributed by atoms with E-state index in [0.717, 1.165) is 16.8 Å². The molecule has 0 atom stereocenters. The van der Waals surface area contributed by atoms with Crippen LogP contribution in [-0.2, 0) is 4.74 Å². The van der Waals surface area contributed by atoms with Crippen LogP contribution in [0.15, 0.2) is 54.9 Å². The molecule has 3 aromatic rings. The predicted molar refractivity (Wildman–Crippen MR) is 112 cm³/mol. The molecule has 0 bridgehead atoms. The zero-order chi connectivity index (χ0) is 20.8. The molecule has 0 saturated heterocycles. The fourth-order valence-electron chi connectivity index (χ4n) is 2.69. The van der Waals surface area contributed by atoms with Crippen molar-refractivity contribution in [1.29, 1.82) is 0 Å². The van der Waals surface area contributed by atoms with Crippen molar-refractivity contribution in [2.75, 3.05) is 17.2 Å². The number of para-hydroxylation sites is 1. The molecule has 0 radical (unpaired) electrons. The summed E-state index contributed by atoms with van der Waals surface area (Å²) in [6.45, 7) is 5.98. The van der Waals surface area contributed by atoms with Crippen LogP contribution in [0.3, 0.4) is 0 Å². The van der Waals surface area contributed by atoms with Gasteiger partial charge in [-0.3, -0.25) is 4.79 Å². The molecule has 2 aromatic carbocycles. The van der Waals surface area contributed by atoms with Crippen LogP contribution in [0.25, 0.3) is 0 Å². The Hall–Kier alpha value is -3.74. The summed E-state index contributed by atoms with van der Waals surface area (Å²) in [4.78, 5) is 32.9. The lowest BCUT2D eigenvalue weighted by Crippen LogP contribution is -2.14. The topological polar surface area (TPSA) is 93.2 Å². The quantitative estimate of drug-likeness (QED) is 0.611. The van der Waals surface area contributed by atoms with Crippen LogP contribution in [-0.4, -0.2) is 28.5 Å². The van der Waals surface area contributed by atoms with Gasteiger partial charge in [0.15, 0.2) is 0 Å². The molecule has 0 fully saturated rings. The Kier molecular flexibility index (Phi) is 6.19. The maximum atomic E-state index is 12.5. The van der Waals surface area contributed by atoms with Crippen LogP contribution in [0.5, 0.6) is 0 Å². The molecule has 2 N–H and O–H groups in total. The van der Waals surface area contributed by atoms with Gasteiger partial charge in [-0.1, -0.05) is 24.3 Å². The fraction of sp³-hybridized carbons (Fsp3) is 0.182. The van der Waals surface area contributed by atoms with Gasteiger partial charge in [0, 0.05) is 18.1 Å². The Morgan fingerprint density at radius 2 is 1.66 bits per heavy atom. The minimum absolute atomic E-state index is 0.269. The lowest BCUT2D eigenvalue weighted by Gasteiger charge is -2.11. The molecule has 0 unspecified atom stereocenters. The number of hydrogen-bond acceptors (Lipinski definition) is 6. The minimum atomic E-state index is -0.430. The number of nitrogens with zero attached hydrogens (tertiary/aromatic N) is 2. The highest BCUT2D eigenvalue weighted by molar-refractivity contribution is 6.04. The number of anilines is 3. The van der Waals surface area contributed by atoms with Crippen molar-refractivity contribution in [2.45, 2.75) is 20.8 Å². The molecule has 0 aliphatic rings. The molecule has 0 saturated carbocycles. The summed E-state index contributed by atoms with van der Waals surface area (Å²) >= 11 is 0.